The van der Waals surface area contributed by atoms with Gasteiger partial charge in [-0.3, -0.25) is 4.79 Å². The van der Waals surface area contributed by atoms with Gasteiger partial charge >= 0.3 is 0 Å². The molecule has 0 unspecified atom stereocenters. The first kappa shape index (κ1) is 13.6. The van der Waals surface area contributed by atoms with Crippen molar-refractivity contribution in [2.75, 3.05) is 11.1 Å². The van der Waals surface area contributed by atoms with Gasteiger partial charge < -0.3 is 11.1 Å². The van der Waals surface area contributed by atoms with E-state index in [1.807, 2.05) is 46.8 Å². The molecular weight excluding hydrogens is 212 g/mol. The van der Waals surface area contributed by atoms with Crippen LogP contribution in [-0.4, -0.2) is 5.91 Å². The smallest absolute Gasteiger partial charge is 0.230 e. The first-order valence-electron chi connectivity index (χ1n) is 5.96. The summed E-state index contributed by atoms with van der Waals surface area (Å²) in [5, 5.41) is 3.00. The van der Waals surface area contributed by atoms with E-state index in [0.717, 1.165) is 28.9 Å². The van der Waals surface area contributed by atoms with Crippen molar-refractivity contribution in [1.29, 1.82) is 0 Å². The van der Waals surface area contributed by atoms with E-state index >= 15 is 0 Å². The van der Waals surface area contributed by atoms with Gasteiger partial charge in [-0.2, -0.15) is 0 Å². The summed E-state index contributed by atoms with van der Waals surface area (Å²) in [4.78, 5) is 12.1. The van der Waals surface area contributed by atoms with Gasteiger partial charge in [0.2, 0.25) is 5.91 Å². The normalized spacial score (nSPS) is 11.4. The summed E-state index contributed by atoms with van der Waals surface area (Å²) < 4.78 is 0. The van der Waals surface area contributed by atoms with Gasteiger partial charge in [0.1, 0.15) is 0 Å². The predicted octanol–water partition coefficient (Wildman–Crippen LogP) is 3.26. The number of benzene rings is 1. The van der Waals surface area contributed by atoms with Crippen molar-refractivity contribution in [2.24, 2.45) is 5.41 Å². The summed E-state index contributed by atoms with van der Waals surface area (Å²) in [6, 6.07) is 3.75. The Morgan fingerprint density at radius 3 is 2.18 bits per heavy atom. The second-order valence-corrected chi connectivity index (χ2v) is 5.22. The quantitative estimate of drug-likeness (QED) is 0.789. The zero-order valence-electron chi connectivity index (χ0n) is 11.3. The van der Waals surface area contributed by atoms with E-state index in [-0.39, 0.29) is 11.3 Å². The van der Waals surface area contributed by atoms with E-state index in [2.05, 4.69) is 5.32 Å². The number of hydrogen-bond acceptors (Lipinski definition) is 2. The second kappa shape index (κ2) is 4.78. The lowest BCUT2D eigenvalue weighted by atomic mass is 9.89. The maximum absolute atomic E-state index is 12.1. The van der Waals surface area contributed by atoms with E-state index in [1.54, 1.807) is 0 Å². The number of aryl methyl sites for hydroxylation is 2. The summed E-state index contributed by atoms with van der Waals surface area (Å²) in [7, 11) is 0. The van der Waals surface area contributed by atoms with Gasteiger partial charge in [0.25, 0.3) is 0 Å². The number of rotatable bonds is 3. The molecule has 17 heavy (non-hydrogen) atoms. The molecule has 0 fully saturated rings. The molecule has 0 bridgehead atoms. The third kappa shape index (κ3) is 2.99. The summed E-state index contributed by atoms with van der Waals surface area (Å²) in [6.45, 7) is 9.83. The molecule has 0 atom stereocenters. The minimum atomic E-state index is -0.347. The number of nitrogens with one attached hydrogen (secondary N) is 1. The van der Waals surface area contributed by atoms with Crippen LogP contribution >= 0.6 is 0 Å². The van der Waals surface area contributed by atoms with Crippen molar-refractivity contribution >= 4 is 17.3 Å². The molecule has 1 aromatic carbocycles. The lowest BCUT2D eigenvalue weighted by Gasteiger charge is -2.23. The van der Waals surface area contributed by atoms with Gasteiger partial charge in [-0.1, -0.05) is 20.8 Å². The summed E-state index contributed by atoms with van der Waals surface area (Å²) in [6.07, 6.45) is 0.811. The van der Waals surface area contributed by atoms with Crippen molar-refractivity contribution in [3.63, 3.8) is 0 Å². The third-order valence-electron chi connectivity index (χ3n) is 3.29. The van der Waals surface area contributed by atoms with E-state index in [9.17, 15) is 4.79 Å². The largest absolute Gasteiger partial charge is 0.399 e. The molecule has 0 spiro atoms. The van der Waals surface area contributed by atoms with Crippen molar-refractivity contribution in [3.05, 3.63) is 23.3 Å². The average molecular weight is 234 g/mol. The van der Waals surface area contributed by atoms with Crippen molar-refractivity contribution in [1.82, 2.24) is 0 Å². The molecule has 0 radical (unpaired) electrons. The molecule has 1 amide bonds. The molecule has 1 aromatic rings. The number of nitrogens with two attached hydrogens (primary N) is 1. The molecule has 0 aromatic heterocycles. The van der Waals surface area contributed by atoms with Crippen LogP contribution in [0.2, 0.25) is 0 Å². The van der Waals surface area contributed by atoms with Crippen LogP contribution in [-0.2, 0) is 4.79 Å². The van der Waals surface area contributed by atoms with Crippen molar-refractivity contribution in [2.45, 2.75) is 41.0 Å². The van der Waals surface area contributed by atoms with E-state index in [0.29, 0.717) is 0 Å². The van der Waals surface area contributed by atoms with Crippen LogP contribution in [0.1, 0.15) is 38.3 Å². The SMILES string of the molecule is CCC(C)(C)C(=O)Nc1c(C)cc(N)cc1C. The minimum absolute atomic E-state index is 0.0518. The lowest BCUT2D eigenvalue weighted by molar-refractivity contribution is -0.124. The molecule has 3 nitrogen and oxygen atoms in total. The summed E-state index contributed by atoms with van der Waals surface area (Å²) in [5.74, 6) is 0.0518. The third-order valence-corrected chi connectivity index (χ3v) is 3.29. The van der Waals surface area contributed by atoms with Crippen LogP contribution in [0.15, 0.2) is 12.1 Å². The maximum atomic E-state index is 12.1. The molecule has 1 rings (SSSR count). The highest BCUT2D eigenvalue weighted by Crippen LogP contribution is 2.27. The molecular formula is C14H22N2O. The van der Waals surface area contributed by atoms with Gasteiger partial charge in [-0.15, -0.1) is 0 Å². The molecule has 0 aliphatic heterocycles. The number of carbonyl (C=O) groups excluding carboxylic acids is 1. The Labute approximate surface area is 103 Å². The monoisotopic (exact) mass is 234 g/mol. The Morgan fingerprint density at radius 2 is 1.76 bits per heavy atom. The zero-order chi connectivity index (χ0) is 13.2. The van der Waals surface area contributed by atoms with E-state index in [1.165, 1.54) is 0 Å². The molecule has 94 valence electrons. The molecule has 0 heterocycles. The predicted molar refractivity (Wildman–Crippen MR) is 73.0 cm³/mol. The van der Waals surface area contributed by atoms with Crippen LogP contribution in [0.25, 0.3) is 0 Å². The van der Waals surface area contributed by atoms with Gasteiger partial charge in [0, 0.05) is 16.8 Å². The van der Waals surface area contributed by atoms with Crippen molar-refractivity contribution in [3.8, 4) is 0 Å². The van der Waals surface area contributed by atoms with Crippen LogP contribution in [0.3, 0.4) is 0 Å². The Hall–Kier alpha value is -1.51. The maximum Gasteiger partial charge on any atom is 0.230 e. The molecule has 0 saturated heterocycles. The Kier molecular flexibility index (Phi) is 3.81. The van der Waals surface area contributed by atoms with Gasteiger partial charge in [0.05, 0.1) is 0 Å². The summed E-state index contributed by atoms with van der Waals surface area (Å²) in [5.41, 5.74) is 9.03. The van der Waals surface area contributed by atoms with Gasteiger partial charge in [0.15, 0.2) is 0 Å². The first-order valence-corrected chi connectivity index (χ1v) is 5.96. The fourth-order valence-corrected chi connectivity index (χ4v) is 1.64. The molecule has 3 heteroatoms. The van der Waals surface area contributed by atoms with Gasteiger partial charge in [-0.05, 0) is 43.5 Å². The number of nitrogen functional groups attached to an aromatic ring is 1. The van der Waals surface area contributed by atoms with Crippen LogP contribution in [0, 0.1) is 19.3 Å². The fourth-order valence-electron chi connectivity index (χ4n) is 1.64. The first-order chi connectivity index (χ1) is 7.77. The second-order valence-electron chi connectivity index (χ2n) is 5.22. The summed E-state index contributed by atoms with van der Waals surface area (Å²) >= 11 is 0. The highest BCUT2D eigenvalue weighted by molar-refractivity contribution is 5.96. The van der Waals surface area contributed by atoms with E-state index in [4.69, 9.17) is 5.73 Å². The minimum Gasteiger partial charge on any atom is -0.399 e. The highest BCUT2D eigenvalue weighted by Gasteiger charge is 2.25. The molecule has 0 aliphatic rings. The fraction of sp³-hybridized carbons (Fsp3) is 0.500. The molecule has 0 saturated carbocycles. The Bertz CT molecular complexity index is 413. The topological polar surface area (TPSA) is 55.1 Å². The Morgan fingerprint density at radius 1 is 1.29 bits per heavy atom. The number of hydrogen-bond donors (Lipinski definition) is 2. The number of anilines is 2. The average Bonchev–Trinajstić information content (AvgIpc) is 2.22. The number of carbonyl (C=O) groups is 1. The zero-order valence-corrected chi connectivity index (χ0v) is 11.3. The van der Waals surface area contributed by atoms with Gasteiger partial charge in [-0.25, -0.2) is 0 Å². The molecule has 0 aliphatic carbocycles. The van der Waals surface area contributed by atoms with Crippen LogP contribution < -0.4 is 11.1 Å². The standard InChI is InChI=1S/C14H22N2O/c1-6-14(4,5)13(17)16-12-9(2)7-11(15)8-10(12)3/h7-8H,6,15H2,1-5H3,(H,16,17). The van der Waals surface area contributed by atoms with E-state index < -0.39 is 0 Å². The van der Waals surface area contributed by atoms with Crippen molar-refractivity contribution < 1.29 is 4.79 Å². The highest BCUT2D eigenvalue weighted by atomic mass is 16.2. The lowest BCUT2D eigenvalue weighted by Crippen LogP contribution is -2.30. The van der Waals surface area contributed by atoms with Crippen LogP contribution in [0.4, 0.5) is 11.4 Å². The Balaban J connectivity index is 3.01. The molecule has 3 N–H and O–H groups in total. The number of amides is 1. The van der Waals surface area contributed by atoms with Crippen LogP contribution in [0.5, 0.6) is 0 Å².